The first-order valence-corrected chi connectivity index (χ1v) is 5.25. The molecular weight excluding hydrogens is 275 g/mol. The van der Waals surface area contributed by atoms with E-state index in [0.29, 0.717) is 20.8 Å². The topological polar surface area (TPSA) is 31.4 Å². The fourth-order valence-electron chi connectivity index (χ4n) is 1.62. The molecule has 1 aromatic carbocycles. The molecule has 0 saturated carbocycles. The number of halogens is 4. The number of nitrogens with zero attached hydrogens (tertiary/aromatic N) is 1. The summed E-state index contributed by atoms with van der Waals surface area (Å²) >= 11 is 11.7. The number of alkyl halides is 2. The maximum absolute atomic E-state index is 12.9. The number of benzene rings is 1. The van der Waals surface area contributed by atoms with Crippen LogP contribution < -0.4 is 9.47 Å². The lowest BCUT2D eigenvalue weighted by molar-refractivity contribution is -0.287. The van der Waals surface area contributed by atoms with E-state index < -0.39 is 6.29 Å². The minimum absolute atomic E-state index is 0.156. The van der Waals surface area contributed by atoms with Crippen molar-refractivity contribution in [1.29, 1.82) is 0 Å². The highest BCUT2D eigenvalue weighted by Gasteiger charge is 2.45. The van der Waals surface area contributed by atoms with Gasteiger partial charge in [0.2, 0.25) is 5.75 Å². The standard InChI is InChI=1S/C10H3Cl2F2NO2/c11-4-1-5-6(7(12)2-4)3-15-9-8(5)16-10(13,14)17-9/h1-3H. The van der Waals surface area contributed by atoms with Crippen molar-refractivity contribution in [2.75, 3.05) is 0 Å². The van der Waals surface area contributed by atoms with Crippen LogP contribution in [0.2, 0.25) is 10.0 Å². The first kappa shape index (κ1) is 10.8. The minimum Gasteiger partial charge on any atom is -0.393 e. The maximum Gasteiger partial charge on any atom is 0.587 e. The Bertz CT molecular complexity index is 633. The number of hydrogen-bond acceptors (Lipinski definition) is 3. The quantitative estimate of drug-likeness (QED) is 0.733. The molecule has 0 unspecified atom stereocenters. The Morgan fingerprint density at radius 2 is 1.88 bits per heavy atom. The summed E-state index contributed by atoms with van der Waals surface area (Å²) in [7, 11) is 0. The van der Waals surface area contributed by atoms with Crippen molar-refractivity contribution in [3.05, 3.63) is 28.4 Å². The smallest absolute Gasteiger partial charge is 0.393 e. The molecule has 0 radical (unpaired) electrons. The predicted molar refractivity (Wildman–Crippen MR) is 58.0 cm³/mol. The van der Waals surface area contributed by atoms with Crippen LogP contribution in [0.4, 0.5) is 8.78 Å². The summed E-state index contributed by atoms with van der Waals surface area (Å²) in [5.41, 5.74) is 0. The van der Waals surface area contributed by atoms with Gasteiger partial charge in [-0.15, -0.1) is 8.78 Å². The zero-order valence-electron chi connectivity index (χ0n) is 8.01. The molecule has 1 aliphatic heterocycles. The summed E-state index contributed by atoms with van der Waals surface area (Å²) < 4.78 is 34.4. The number of aromatic nitrogens is 1. The molecule has 0 amide bonds. The molecule has 0 aliphatic carbocycles. The third-order valence-corrected chi connectivity index (χ3v) is 2.81. The van der Waals surface area contributed by atoms with Crippen molar-refractivity contribution in [3.8, 4) is 11.6 Å². The molecule has 0 saturated heterocycles. The second-order valence-electron chi connectivity index (χ2n) is 3.41. The number of hydrogen-bond donors (Lipinski definition) is 0. The van der Waals surface area contributed by atoms with Gasteiger partial charge in [0.15, 0.2) is 0 Å². The lowest BCUT2D eigenvalue weighted by Crippen LogP contribution is -2.26. The number of ether oxygens (including phenoxy) is 2. The van der Waals surface area contributed by atoms with E-state index in [-0.39, 0.29) is 11.6 Å². The van der Waals surface area contributed by atoms with Gasteiger partial charge in [-0.3, -0.25) is 0 Å². The Labute approximate surface area is 104 Å². The lowest BCUT2D eigenvalue weighted by Gasteiger charge is -2.05. The summed E-state index contributed by atoms with van der Waals surface area (Å²) in [5, 5.41) is 1.43. The molecule has 0 bridgehead atoms. The number of pyridine rings is 1. The van der Waals surface area contributed by atoms with Gasteiger partial charge in [-0.05, 0) is 12.1 Å². The van der Waals surface area contributed by atoms with Crippen LogP contribution in [0.25, 0.3) is 10.8 Å². The third-order valence-electron chi connectivity index (χ3n) is 2.28. The van der Waals surface area contributed by atoms with Gasteiger partial charge < -0.3 is 9.47 Å². The van der Waals surface area contributed by atoms with E-state index in [9.17, 15) is 8.78 Å². The van der Waals surface area contributed by atoms with Crippen molar-refractivity contribution in [3.63, 3.8) is 0 Å². The van der Waals surface area contributed by atoms with Crippen molar-refractivity contribution in [2.45, 2.75) is 6.29 Å². The second kappa shape index (κ2) is 3.34. The van der Waals surface area contributed by atoms with Crippen molar-refractivity contribution in [1.82, 2.24) is 4.98 Å². The summed E-state index contributed by atoms with van der Waals surface area (Å²) in [4.78, 5) is 3.72. The Morgan fingerprint density at radius 1 is 1.12 bits per heavy atom. The van der Waals surface area contributed by atoms with Crippen LogP contribution >= 0.6 is 23.2 Å². The first-order chi connectivity index (χ1) is 7.96. The molecule has 0 fully saturated rings. The number of rotatable bonds is 0. The fourth-order valence-corrected chi connectivity index (χ4v) is 2.17. The van der Waals surface area contributed by atoms with E-state index in [1.165, 1.54) is 18.3 Å². The molecule has 3 rings (SSSR count). The summed E-state index contributed by atoms with van der Waals surface area (Å²) in [6.07, 6.45) is -2.38. The van der Waals surface area contributed by atoms with Crippen LogP contribution in [0, 0.1) is 0 Å². The Balaban J connectivity index is 2.34. The van der Waals surface area contributed by atoms with Gasteiger partial charge in [-0.1, -0.05) is 23.2 Å². The van der Waals surface area contributed by atoms with Gasteiger partial charge in [0.1, 0.15) is 0 Å². The van der Waals surface area contributed by atoms with Crippen LogP contribution in [0.15, 0.2) is 18.3 Å². The highest BCUT2D eigenvalue weighted by Crippen LogP contribution is 2.45. The summed E-state index contributed by atoms with van der Waals surface area (Å²) in [5.74, 6) is -0.433. The molecule has 0 spiro atoms. The van der Waals surface area contributed by atoms with Crippen molar-refractivity contribution < 1.29 is 18.3 Å². The van der Waals surface area contributed by atoms with Crippen molar-refractivity contribution in [2.24, 2.45) is 0 Å². The lowest BCUT2D eigenvalue weighted by atomic mass is 10.1. The van der Waals surface area contributed by atoms with Crippen LogP contribution in [0.5, 0.6) is 11.6 Å². The van der Waals surface area contributed by atoms with Crippen LogP contribution in [0.3, 0.4) is 0 Å². The normalized spacial score (nSPS) is 16.5. The molecule has 17 heavy (non-hydrogen) atoms. The molecule has 88 valence electrons. The van der Waals surface area contributed by atoms with E-state index in [0.717, 1.165) is 0 Å². The zero-order valence-corrected chi connectivity index (χ0v) is 9.52. The Kier molecular flexibility index (Phi) is 2.12. The second-order valence-corrected chi connectivity index (χ2v) is 4.25. The summed E-state index contributed by atoms with van der Waals surface area (Å²) in [6, 6.07) is 2.96. The molecule has 7 heteroatoms. The van der Waals surface area contributed by atoms with E-state index in [1.807, 2.05) is 0 Å². The average molecular weight is 278 g/mol. The van der Waals surface area contributed by atoms with E-state index in [1.54, 1.807) is 0 Å². The van der Waals surface area contributed by atoms with Gasteiger partial charge in [-0.25, -0.2) is 4.98 Å². The molecular formula is C10H3Cl2F2NO2. The Hall–Kier alpha value is -1.33. The molecule has 2 aromatic rings. The molecule has 1 aliphatic rings. The van der Waals surface area contributed by atoms with Gasteiger partial charge >= 0.3 is 6.29 Å². The first-order valence-electron chi connectivity index (χ1n) is 4.50. The monoisotopic (exact) mass is 277 g/mol. The van der Waals surface area contributed by atoms with Crippen LogP contribution in [0.1, 0.15) is 0 Å². The SMILES string of the molecule is FC1(F)Oc2ncc3c(Cl)cc(Cl)cc3c2O1. The largest absolute Gasteiger partial charge is 0.587 e. The van der Waals surface area contributed by atoms with E-state index >= 15 is 0 Å². The van der Waals surface area contributed by atoms with Gasteiger partial charge in [0.25, 0.3) is 5.88 Å². The maximum atomic E-state index is 12.9. The highest BCUT2D eigenvalue weighted by molar-refractivity contribution is 6.38. The van der Waals surface area contributed by atoms with E-state index in [2.05, 4.69) is 14.5 Å². The number of fused-ring (bicyclic) bond motifs is 3. The van der Waals surface area contributed by atoms with Crippen molar-refractivity contribution >= 4 is 34.0 Å². The van der Waals surface area contributed by atoms with E-state index in [4.69, 9.17) is 23.2 Å². The molecule has 2 heterocycles. The molecule has 0 atom stereocenters. The van der Waals surface area contributed by atoms with Gasteiger partial charge in [0, 0.05) is 22.0 Å². The molecule has 3 nitrogen and oxygen atoms in total. The highest BCUT2D eigenvalue weighted by atomic mass is 35.5. The van der Waals surface area contributed by atoms with Crippen LogP contribution in [-0.2, 0) is 0 Å². The fraction of sp³-hybridized carbons (Fsp3) is 0.100. The van der Waals surface area contributed by atoms with Crippen LogP contribution in [-0.4, -0.2) is 11.3 Å². The average Bonchev–Trinajstić information content (AvgIpc) is 2.52. The molecule has 0 N–H and O–H groups in total. The summed E-state index contributed by atoms with van der Waals surface area (Å²) in [6.45, 7) is 0. The zero-order chi connectivity index (χ0) is 12.2. The minimum atomic E-state index is -3.71. The van der Waals surface area contributed by atoms with Gasteiger partial charge in [-0.2, -0.15) is 0 Å². The third kappa shape index (κ3) is 1.66. The molecule has 1 aromatic heterocycles. The predicted octanol–water partition coefficient (Wildman–Crippen LogP) is 3.86. The Morgan fingerprint density at radius 3 is 2.65 bits per heavy atom. The van der Waals surface area contributed by atoms with Gasteiger partial charge in [0.05, 0.1) is 5.02 Å².